The summed E-state index contributed by atoms with van der Waals surface area (Å²) in [6, 6.07) is 15.4. The lowest BCUT2D eigenvalue weighted by atomic mass is 9.69. The van der Waals surface area contributed by atoms with Crippen molar-refractivity contribution in [1.82, 2.24) is 0 Å². The van der Waals surface area contributed by atoms with E-state index in [0.717, 1.165) is 35.8 Å². The molecule has 0 radical (unpaired) electrons. The van der Waals surface area contributed by atoms with Crippen LogP contribution >= 0.6 is 0 Å². The van der Waals surface area contributed by atoms with Gasteiger partial charge in [-0.1, -0.05) is 52.0 Å². The Kier molecular flexibility index (Phi) is 6.74. The predicted octanol–water partition coefficient (Wildman–Crippen LogP) is 7.14. The quantitative estimate of drug-likeness (QED) is 0.418. The van der Waals surface area contributed by atoms with Crippen molar-refractivity contribution in [2.24, 2.45) is 23.7 Å². The average Bonchev–Trinajstić information content (AvgIpc) is 3.47. The number of carbonyl (C=O) groups is 2. The zero-order valence-electron chi connectivity index (χ0n) is 21.4. The minimum absolute atomic E-state index is 0.318. The Labute approximate surface area is 209 Å². The van der Waals surface area contributed by atoms with Crippen LogP contribution in [-0.4, -0.2) is 24.1 Å². The molecule has 0 aromatic heterocycles. The van der Waals surface area contributed by atoms with E-state index in [1.54, 1.807) is 0 Å². The highest BCUT2D eigenvalue weighted by Gasteiger charge is 2.53. The predicted molar refractivity (Wildman–Crippen MR) is 137 cm³/mol. The van der Waals surface area contributed by atoms with Gasteiger partial charge < -0.3 is 9.47 Å². The number of hydrogen-bond donors (Lipinski definition) is 0. The molecule has 186 valence electrons. The molecule has 0 saturated heterocycles. The number of ether oxygens (including phenoxy) is 2. The first-order chi connectivity index (χ1) is 16.8. The summed E-state index contributed by atoms with van der Waals surface area (Å²) in [6.45, 7) is 8.46. The summed E-state index contributed by atoms with van der Waals surface area (Å²) in [5.41, 5.74) is 3.37. The zero-order chi connectivity index (χ0) is 24.7. The third-order valence-corrected chi connectivity index (χ3v) is 8.79. The SMILES string of the molecule is CC(C)c1cccc(C(=O)OC2CC3C4CCC(C4)C3CC2OC(=O)c2cccc(C(C)C)c2)c1. The number of esters is 2. The third-order valence-electron chi connectivity index (χ3n) is 8.79. The summed E-state index contributed by atoms with van der Waals surface area (Å²) in [5.74, 6) is 2.65. The van der Waals surface area contributed by atoms with E-state index in [1.165, 1.54) is 19.3 Å². The Bertz CT molecular complexity index is 1000. The molecule has 4 nitrogen and oxygen atoms in total. The average molecular weight is 475 g/mol. The van der Waals surface area contributed by atoms with Gasteiger partial charge in [-0.2, -0.15) is 0 Å². The molecule has 0 heterocycles. The number of hydrogen-bond acceptors (Lipinski definition) is 4. The summed E-state index contributed by atoms with van der Waals surface area (Å²) >= 11 is 0. The molecule has 3 fully saturated rings. The molecule has 0 aliphatic heterocycles. The molecule has 4 heteroatoms. The maximum absolute atomic E-state index is 13.2. The monoisotopic (exact) mass is 474 g/mol. The van der Waals surface area contributed by atoms with Gasteiger partial charge in [0.05, 0.1) is 11.1 Å². The third kappa shape index (κ3) is 4.90. The Morgan fingerprint density at radius 2 is 1.11 bits per heavy atom. The van der Waals surface area contributed by atoms with Crippen molar-refractivity contribution in [3.63, 3.8) is 0 Å². The van der Waals surface area contributed by atoms with Gasteiger partial charge >= 0.3 is 11.9 Å². The first-order valence-corrected chi connectivity index (χ1v) is 13.4. The van der Waals surface area contributed by atoms with Gasteiger partial charge in [-0.05, 0) is 103 Å². The van der Waals surface area contributed by atoms with Crippen LogP contribution < -0.4 is 0 Å². The van der Waals surface area contributed by atoms with Crippen LogP contribution in [0.15, 0.2) is 48.5 Å². The number of carbonyl (C=O) groups excluding carboxylic acids is 2. The second kappa shape index (κ2) is 9.79. The molecule has 0 spiro atoms. The summed E-state index contributed by atoms with van der Waals surface area (Å²) in [4.78, 5) is 26.4. The van der Waals surface area contributed by atoms with E-state index in [4.69, 9.17) is 9.47 Å². The summed E-state index contributed by atoms with van der Waals surface area (Å²) < 4.78 is 12.2. The Hall–Kier alpha value is -2.62. The molecule has 6 atom stereocenters. The Morgan fingerprint density at radius 1 is 0.686 bits per heavy atom. The number of benzene rings is 2. The van der Waals surface area contributed by atoms with Gasteiger partial charge in [-0.15, -0.1) is 0 Å². The molecule has 3 aliphatic carbocycles. The van der Waals surface area contributed by atoms with Crippen LogP contribution in [0.2, 0.25) is 0 Å². The molecular weight excluding hydrogens is 436 g/mol. The number of fused-ring (bicyclic) bond motifs is 5. The summed E-state index contributed by atoms with van der Waals surface area (Å²) in [7, 11) is 0. The van der Waals surface area contributed by atoms with Crippen LogP contribution in [0.25, 0.3) is 0 Å². The molecule has 35 heavy (non-hydrogen) atoms. The van der Waals surface area contributed by atoms with Crippen molar-refractivity contribution in [2.45, 2.75) is 83.8 Å². The normalized spacial score (nSPS) is 29.3. The van der Waals surface area contributed by atoms with Crippen molar-refractivity contribution < 1.29 is 19.1 Å². The van der Waals surface area contributed by atoms with E-state index >= 15 is 0 Å². The molecule has 2 aromatic rings. The number of rotatable bonds is 6. The lowest BCUT2D eigenvalue weighted by Gasteiger charge is -2.42. The fourth-order valence-electron chi connectivity index (χ4n) is 6.81. The molecule has 0 amide bonds. The van der Waals surface area contributed by atoms with Crippen LogP contribution in [0.1, 0.15) is 103 Å². The molecule has 3 saturated carbocycles. The topological polar surface area (TPSA) is 52.6 Å². The van der Waals surface area contributed by atoms with Gasteiger partial charge in [0, 0.05) is 0 Å². The Morgan fingerprint density at radius 3 is 1.51 bits per heavy atom. The van der Waals surface area contributed by atoms with Crippen LogP contribution in [0.5, 0.6) is 0 Å². The molecule has 2 bridgehead atoms. The lowest BCUT2D eigenvalue weighted by Crippen LogP contribution is -2.45. The van der Waals surface area contributed by atoms with Gasteiger partial charge in [-0.3, -0.25) is 0 Å². The second-order valence-electron chi connectivity index (χ2n) is 11.6. The van der Waals surface area contributed by atoms with E-state index in [-0.39, 0.29) is 11.9 Å². The van der Waals surface area contributed by atoms with Gasteiger partial charge in [0.1, 0.15) is 12.2 Å². The zero-order valence-corrected chi connectivity index (χ0v) is 21.4. The largest absolute Gasteiger partial charge is 0.455 e. The summed E-state index contributed by atoms with van der Waals surface area (Å²) in [5, 5.41) is 0. The maximum Gasteiger partial charge on any atom is 0.338 e. The van der Waals surface area contributed by atoms with Crippen molar-refractivity contribution in [2.75, 3.05) is 0 Å². The van der Waals surface area contributed by atoms with E-state index in [2.05, 4.69) is 27.7 Å². The molecule has 3 aliphatic rings. The Balaban J connectivity index is 1.36. The van der Waals surface area contributed by atoms with Crippen LogP contribution in [0, 0.1) is 23.7 Å². The van der Waals surface area contributed by atoms with Gasteiger partial charge in [0.2, 0.25) is 0 Å². The second-order valence-corrected chi connectivity index (χ2v) is 11.6. The maximum atomic E-state index is 13.2. The molecule has 6 unspecified atom stereocenters. The molecule has 5 rings (SSSR count). The standard InChI is InChI=1S/C31H38O4/c1-18(2)20-7-5-9-24(13-20)30(32)34-28-16-26-22-11-12-23(15-22)27(26)17-29(28)35-31(33)25-10-6-8-21(14-25)19(3)4/h5-10,13-14,18-19,22-23,26-29H,11-12,15-17H2,1-4H3. The molecular formula is C31H38O4. The van der Waals surface area contributed by atoms with E-state index in [0.29, 0.717) is 34.8 Å². The van der Waals surface area contributed by atoms with Crippen molar-refractivity contribution in [3.05, 3.63) is 70.8 Å². The van der Waals surface area contributed by atoms with Gasteiger partial charge in [0.15, 0.2) is 0 Å². The van der Waals surface area contributed by atoms with E-state index in [9.17, 15) is 9.59 Å². The van der Waals surface area contributed by atoms with E-state index < -0.39 is 12.2 Å². The summed E-state index contributed by atoms with van der Waals surface area (Å²) in [6.07, 6.45) is 4.65. The highest BCUT2D eigenvalue weighted by molar-refractivity contribution is 5.90. The highest BCUT2D eigenvalue weighted by Crippen LogP contribution is 2.58. The molecule has 0 N–H and O–H groups in total. The van der Waals surface area contributed by atoms with Crippen LogP contribution in [0.4, 0.5) is 0 Å². The van der Waals surface area contributed by atoms with Crippen LogP contribution in [-0.2, 0) is 9.47 Å². The van der Waals surface area contributed by atoms with Crippen LogP contribution in [0.3, 0.4) is 0 Å². The minimum Gasteiger partial charge on any atom is -0.455 e. The minimum atomic E-state index is -0.400. The van der Waals surface area contributed by atoms with Gasteiger partial charge in [-0.25, -0.2) is 9.59 Å². The fourth-order valence-corrected chi connectivity index (χ4v) is 6.81. The smallest absolute Gasteiger partial charge is 0.338 e. The lowest BCUT2D eigenvalue weighted by molar-refractivity contribution is -0.0822. The van der Waals surface area contributed by atoms with E-state index in [1.807, 2.05) is 48.5 Å². The van der Waals surface area contributed by atoms with Crippen molar-refractivity contribution in [3.8, 4) is 0 Å². The molecule has 2 aromatic carbocycles. The first kappa shape index (κ1) is 24.1. The highest BCUT2D eigenvalue weighted by atomic mass is 16.6. The van der Waals surface area contributed by atoms with Crippen molar-refractivity contribution >= 4 is 11.9 Å². The first-order valence-electron chi connectivity index (χ1n) is 13.4. The van der Waals surface area contributed by atoms with Crippen molar-refractivity contribution in [1.29, 1.82) is 0 Å². The van der Waals surface area contributed by atoms with Gasteiger partial charge in [0.25, 0.3) is 0 Å². The fraction of sp³-hybridized carbons (Fsp3) is 0.548.